The molecule has 2 atom stereocenters. The van der Waals surface area contributed by atoms with E-state index in [9.17, 15) is 26.4 Å². The number of amides is 1. The van der Waals surface area contributed by atoms with Crippen molar-refractivity contribution in [3.8, 4) is 0 Å². The second-order valence-electron chi connectivity index (χ2n) is 9.59. The minimum atomic E-state index is -4.60. The fourth-order valence-electron chi connectivity index (χ4n) is 4.78. The van der Waals surface area contributed by atoms with Gasteiger partial charge in [-0.2, -0.15) is 13.2 Å². The summed E-state index contributed by atoms with van der Waals surface area (Å²) >= 11 is 0. The van der Waals surface area contributed by atoms with Crippen molar-refractivity contribution in [3.05, 3.63) is 29.8 Å². The van der Waals surface area contributed by atoms with E-state index in [1.807, 2.05) is 0 Å². The Labute approximate surface area is 181 Å². The van der Waals surface area contributed by atoms with Gasteiger partial charge >= 0.3 is 6.18 Å². The van der Waals surface area contributed by atoms with E-state index in [2.05, 4.69) is 5.32 Å². The highest BCUT2D eigenvalue weighted by Crippen LogP contribution is 2.40. The molecule has 1 aromatic rings. The summed E-state index contributed by atoms with van der Waals surface area (Å²) in [5.74, 6) is -0.0991. The number of halogens is 3. The number of hydrogen-bond donors (Lipinski definition) is 2. The van der Waals surface area contributed by atoms with E-state index in [4.69, 9.17) is 5.73 Å². The summed E-state index contributed by atoms with van der Waals surface area (Å²) in [6.45, 7) is 3.10. The van der Waals surface area contributed by atoms with Gasteiger partial charge in [0.25, 0.3) is 0 Å². The summed E-state index contributed by atoms with van der Waals surface area (Å²) in [5.41, 5.74) is 5.09. The first kappa shape index (κ1) is 24.0. The predicted octanol–water partition coefficient (Wildman–Crippen LogP) is 4.06. The van der Waals surface area contributed by atoms with E-state index in [-0.39, 0.29) is 34.7 Å². The van der Waals surface area contributed by atoms with Crippen LogP contribution < -0.4 is 11.1 Å². The molecule has 2 aliphatic carbocycles. The molecule has 2 aliphatic rings. The lowest BCUT2D eigenvalue weighted by Gasteiger charge is -2.41. The Balaban J connectivity index is 1.58. The second kappa shape index (κ2) is 8.73. The van der Waals surface area contributed by atoms with Crippen molar-refractivity contribution < 1.29 is 26.4 Å². The number of rotatable bonds is 6. The van der Waals surface area contributed by atoms with Crippen LogP contribution in [0.1, 0.15) is 64.4 Å². The summed E-state index contributed by atoms with van der Waals surface area (Å²) < 4.78 is 63.9. The van der Waals surface area contributed by atoms with Crippen LogP contribution in [0.5, 0.6) is 0 Å². The summed E-state index contributed by atoms with van der Waals surface area (Å²) in [6.07, 6.45) is 0.742. The summed E-state index contributed by atoms with van der Waals surface area (Å²) in [5, 5.41) is 3.03. The van der Waals surface area contributed by atoms with Gasteiger partial charge in [-0.1, -0.05) is 18.9 Å². The molecule has 0 saturated heterocycles. The van der Waals surface area contributed by atoms with Crippen LogP contribution in [-0.2, 0) is 20.8 Å². The lowest BCUT2D eigenvalue weighted by molar-refractivity contribution is -0.137. The molecule has 9 heteroatoms. The maximum absolute atomic E-state index is 13.1. The van der Waals surface area contributed by atoms with Gasteiger partial charge in [-0.05, 0) is 70.1 Å². The fourth-order valence-corrected chi connectivity index (χ4v) is 6.41. The molecule has 1 amide bonds. The molecule has 0 unspecified atom stereocenters. The second-order valence-corrected chi connectivity index (χ2v) is 12.2. The van der Waals surface area contributed by atoms with Crippen molar-refractivity contribution in [1.29, 1.82) is 0 Å². The van der Waals surface area contributed by atoms with Crippen LogP contribution in [0, 0.1) is 11.8 Å². The summed E-state index contributed by atoms with van der Waals surface area (Å²) in [4.78, 5) is 12.2. The van der Waals surface area contributed by atoms with Gasteiger partial charge in [0, 0.05) is 12.1 Å². The Morgan fingerprint density at radius 3 is 2.42 bits per heavy atom. The van der Waals surface area contributed by atoms with Crippen molar-refractivity contribution in [2.24, 2.45) is 17.6 Å². The molecule has 174 valence electrons. The molecule has 0 bridgehead atoms. The van der Waals surface area contributed by atoms with E-state index in [1.54, 1.807) is 13.8 Å². The van der Waals surface area contributed by atoms with Crippen molar-refractivity contribution in [2.45, 2.75) is 86.7 Å². The van der Waals surface area contributed by atoms with E-state index < -0.39 is 26.3 Å². The normalized spacial score (nSPS) is 27.4. The quantitative estimate of drug-likeness (QED) is 0.670. The molecule has 5 nitrogen and oxygen atoms in total. The molecule has 31 heavy (non-hydrogen) atoms. The third kappa shape index (κ3) is 5.25. The molecule has 2 fully saturated rings. The van der Waals surface area contributed by atoms with Crippen LogP contribution in [0.3, 0.4) is 0 Å². The molecule has 3 N–H and O–H groups in total. The molecular weight excluding hydrogens is 429 g/mol. The molecule has 0 aromatic heterocycles. The van der Waals surface area contributed by atoms with Gasteiger partial charge in [-0.3, -0.25) is 4.79 Å². The highest BCUT2D eigenvalue weighted by Gasteiger charge is 2.43. The van der Waals surface area contributed by atoms with Crippen LogP contribution in [0.2, 0.25) is 0 Å². The number of carbonyl (C=O) groups is 1. The van der Waals surface area contributed by atoms with E-state index in [0.717, 1.165) is 37.8 Å². The Bertz CT molecular complexity index is 909. The highest BCUT2D eigenvalue weighted by molar-refractivity contribution is 7.92. The molecule has 0 spiro atoms. The lowest BCUT2D eigenvalue weighted by Crippen LogP contribution is -2.51. The first-order chi connectivity index (χ1) is 14.3. The van der Waals surface area contributed by atoms with E-state index in [1.165, 1.54) is 6.07 Å². The number of sulfone groups is 1. The topological polar surface area (TPSA) is 89.3 Å². The zero-order valence-electron chi connectivity index (χ0n) is 17.9. The average Bonchev–Trinajstić information content (AvgIpc) is 2.65. The molecule has 3 rings (SSSR count). The third-order valence-corrected chi connectivity index (χ3v) is 9.21. The maximum atomic E-state index is 13.1. The van der Waals surface area contributed by atoms with E-state index in [0.29, 0.717) is 25.3 Å². The van der Waals surface area contributed by atoms with Gasteiger partial charge in [0.1, 0.15) is 0 Å². The minimum Gasteiger partial charge on any atom is -0.353 e. The smallest absolute Gasteiger partial charge is 0.353 e. The highest BCUT2D eigenvalue weighted by atomic mass is 32.2. The van der Waals surface area contributed by atoms with Gasteiger partial charge in [-0.25, -0.2) is 8.42 Å². The van der Waals surface area contributed by atoms with Crippen LogP contribution in [0.15, 0.2) is 29.2 Å². The fraction of sp³-hybridized carbons (Fsp3) is 0.682. The molecular formula is C22H31F3N2O3S. The Morgan fingerprint density at radius 1 is 1.16 bits per heavy atom. The van der Waals surface area contributed by atoms with Crippen molar-refractivity contribution in [1.82, 2.24) is 5.32 Å². The average molecular weight is 461 g/mol. The van der Waals surface area contributed by atoms with E-state index >= 15 is 0 Å². The number of carbonyl (C=O) groups excluding carboxylic acids is 1. The number of hydrogen-bond acceptors (Lipinski definition) is 4. The van der Waals surface area contributed by atoms with Crippen molar-refractivity contribution in [2.75, 3.05) is 0 Å². The Morgan fingerprint density at radius 2 is 1.81 bits per heavy atom. The monoisotopic (exact) mass is 460 g/mol. The van der Waals surface area contributed by atoms with Gasteiger partial charge in [0.2, 0.25) is 5.91 Å². The first-order valence-corrected chi connectivity index (χ1v) is 12.3. The zero-order valence-corrected chi connectivity index (χ0v) is 18.7. The lowest BCUT2D eigenvalue weighted by atomic mass is 9.75. The van der Waals surface area contributed by atoms with Gasteiger partial charge < -0.3 is 11.1 Å². The number of benzene rings is 1. The predicted molar refractivity (Wildman–Crippen MR) is 112 cm³/mol. The van der Waals surface area contributed by atoms with Crippen LogP contribution in [0.4, 0.5) is 13.2 Å². The summed E-state index contributed by atoms with van der Waals surface area (Å²) in [6, 6.07) is 3.79. The molecule has 0 heterocycles. The van der Waals surface area contributed by atoms with Crippen LogP contribution in [0.25, 0.3) is 0 Å². The SMILES string of the molecule is CC(C)(C[C@H]1C[C@H](NC(=O)[C@H]2CCCC[C@H]2N)C1)S(=O)(=O)c1cccc(C(F)(F)F)c1. The third-order valence-electron chi connectivity index (χ3n) is 6.72. The largest absolute Gasteiger partial charge is 0.416 e. The maximum Gasteiger partial charge on any atom is 0.416 e. The Kier molecular flexibility index (Phi) is 6.77. The van der Waals surface area contributed by atoms with Gasteiger partial charge in [0.05, 0.1) is 21.1 Å². The number of nitrogens with one attached hydrogen (secondary N) is 1. The minimum absolute atomic E-state index is 0.00121. The Hall–Kier alpha value is -1.61. The van der Waals surface area contributed by atoms with Crippen molar-refractivity contribution >= 4 is 15.7 Å². The first-order valence-electron chi connectivity index (χ1n) is 10.8. The number of nitrogens with two attached hydrogens (primary N) is 1. The van der Waals surface area contributed by atoms with Crippen LogP contribution >= 0.6 is 0 Å². The standard InChI is InChI=1S/C22H31F3N2O3S/c1-21(2,31(29,30)17-7-5-6-15(12-17)22(23,24)25)13-14-10-16(11-14)27-20(28)18-8-3-4-9-19(18)26/h5-7,12,14,16,18-19H,3-4,8-11,13,26H2,1-2H3,(H,27,28)/t14-,16-,18-,19+/m0/s1. The summed E-state index contributed by atoms with van der Waals surface area (Å²) in [7, 11) is -3.96. The molecule has 2 saturated carbocycles. The molecule has 0 radical (unpaired) electrons. The van der Waals surface area contributed by atoms with Crippen molar-refractivity contribution in [3.63, 3.8) is 0 Å². The molecule has 0 aliphatic heterocycles. The van der Waals surface area contributed by atoms with Gasteiger partial charge in [-0.15, -0.1) is 0 Å². The zero-order chi connectivity index (χ0) is 23.0. The number of alkyl halides is 3. The van der Waals surface area contributed by atoms with Crippen LogP contribution in [-0.4, -0.2) is 31.2 Å². The molecule has 1 aromatic carbocycles. The van der Waals surface area contributed by atoms with Gasteiger partial charge in [0.15, 0.2) is 9.84 Å².